The van der Waals surface area contributed by atoms with Crippen LogP contribution in [0.15, 0.2) is 18.3 Å². The molecule has 0 saturated heterocycles. The predicted molar refractivity (Wildman–Crippen MR) is 72.6 cm³/mol. The molecule has 0 amide bonds. The van der Waals surface area contributed by atoms with E-state index in [2.05, 4.69) is 28.3 Å². The van der Waals surface area contributed by atoms with Crippen molar-refractivity contribution < 1.29 is 0 Å². The van der Waals surface area contributed by atoms with Gasteiger partial charge in [0.05, 0.1) is 22.3 Å². The van der Waals surface area contributed by atoms with Crippen LogP contribution >= 0.6 is 11.3 Å². The molecule has 0 bridgehead atoms. The summed E-state index contributed by atoms with van der Waals surface area (Å²) in [5.41, 5.74) is 1.59. The lowest BCUT2D eigenvalue weighted by Gasteiger charge is -2.14. The number of thiazole rings is 1. The number of anilines is 1. The highest BCUT2D eigenvalue weighted by Gasteiger charge is 2.14. The van der Waals surface area contributed by atoms with E-state index < -0.39 is 0 Å². The van der Waals surface area contributed by atoms with E-state index in [-0.39, 0.29) is 6.04 Å². The lowest BCUT2D eigenvalue weighted by Crippen LogP contribution is -2.08. The van der Waals surface area contributed by atoms with Gasteiger partial charge in [0, 0.05) is 11.1 Å². The average molecular weight is 258 g/mol. The molecule has 1 unspecified atom stereocenters. The van der Waals surface area contributed by atoms with Crippen LogP contribution in [-0.4, -0.2) is 9.97 Å². The summed E-state index contributed by atoms with van der Waals surface area (Å²) in [5.74, 6) is 0.623. The quantitative estimate of drug-likeness (QED) is 0.918. The van der Waals surface area contributed by atoms with Crippen molar-refractivity contribution in [1.82, 2.24) is 9.97 Å². The van der Waals surface area contributed by atoms with Crippen molar-refractivity contribution in [3.63, 3.8) is 0 Å². The smallest absolute Gasteiger partial charge is 0.144 e. The zero-order valence-electron chi connectivity index (χ0n) is 10.6. The Labute approximate surface area is 110 Å². The van der Waals surface area contributed by atoms with E-state index in [1.165, 1.54) is 4.88 Å². The maximum Gasteiger partial charge on any atom is 0.144 e. The maximum absolute atomic E-state index is 9.02. The van der Waals surface area contributed by atoms with Crippen LogP contribution in [-0.2, 0) is 0 Å². The number of pyridine rings is 1. The van der Waals surface area contributed by atoms with E-state index in [1.54, 1.807) is 29.7 Å². The Morgan fingerprint density at radius 2 is 2.22 bits per heavy atom. The molecule has 0 saturated carbocycles. The third-order valence-corrected chi connectivity index (χ3v) is 3.87. The van der Waals surface area contributed by atoms with Gasteiger partial charge in [0.15, 0.2) is 0 Å². The largest absolute Gasteiger partial charge is 0.362 e. The Morgan fingerprint density at radius 1 is 1.44 bits per heavy atom. The number of rotatable bonds is 3. The second-order valence-electron chi connectivity index (χ2n) is 4.06. The van der Waals surface area contributed by atoms with Crippen molar-refractivity contribution >= 4 is 17.2 Å². The highest BCUT2D eigenvalue weighted by Crippen LogP contribution is 2.27. The highest BCUT2D eigenvalue weighted by atomic mass is 32.1. The van der Waals surface area contributed by atoms with Crippen LogP contribution in [0.3, 0.4) is 0 Å². The van der Waals surface area contributed by atoms with E-state index in [4.69, 9.17) is 5.26 Å². The first-order chi connectivity index (χ1) is 8.61. The summed E-state index contributed by atoms with van der Waals surface area (Å²) < 4.78 is 0. The van der Waals surface area contributed by atoms with Gasteiger partial charge in [-0.3, -0.25) is 0 Å². The third-order valence-electron chi connectivity index (χ3n) is 2.61. The van der Waals surface area contributed by atoms with Crippen molar-refractivity contribution in [1.29, 1.82) is 5.26 Å². The van der Waals surface area contributed by atoms with E-state index in [0.717, 1.165) is 10.7 Å². The van der Waals surface area contributed by atoms with Gasteiger partial charge in [-0.05, 0) is 32.9 Å². The molecule has 0 aliphatic carbocycles. The molecule has 1 N–H and O–H groups in total. The molecule has 0 spiro atoms. The van der Waals surface area contributed by atoms with Crippen molar-refractivity contribution in [3.8, 4) is 6.07 Å². The zero-order valence-corrected chi connectivity index (χ0v) is 11.4. The molecule has 5 heteroatoms. The molecule has 0 fully saturated rings. The SMILES string of the molecule is Cc1nc(C)c(C(C)Nc2ncccc2C#N)s1. The molecule has 18 heavy (non-hydrogen) atoms. The number of aryl methyl sites for hydroxylation is 2. The molecule has 2 rings (SSSR count). The molecule has 4 nitrogen and oxygen atoms in total. The van der Waals surface area contributed by atoms with Crippen LogP contribution in [0.4, 0.5) is 5.82 Å². The summed E-state index contributed by atoms with van der Waals surface area (Å²) in [6.07, 6.45) is 1.68. The summed E-state index contributed by atoms with van der Waals surface area (Å²) in [6, 6.07) is 5.75. The minimum absolute atomic E-state index is 0.0956. The van der Waals surface area contributed by atoms with Gasteiger partial charge in [-0.25, -0.2) is 9.97 Å². The lowest BCUT2D eigenvalue weighted by molar-refractivity contribution is 0.878. The second kappa shape index (κ2) is 5.15. The molecule has 0 aliphatic rings. The van der Waals surface area contributed by atoms with Crippen molar-refractivity contribution in [2.45, 2.75) is 26.8 Å². The fraction of sp³-hybridized carbons (Fsp3) is 0.308. The third kappa shape index (κ3) is 2.49. The minimum Gasteiger partial charge on any atom is -0.362 e. The van der Waals surface area contributed by atoms with Crippen molar-refractivity contribution in [2.75, 3.05) is 5.32 Å². The summed E-state index contributed by atoms with van der Waals surface area (Å²) in [5, 5.41) is 13.3. The fourth-order valence-electron chi connectivity index (χ4n) is 1.83. The van der Waals surface area contributed by atoms with Gasteiger partial charge < -0.3 is 5.32 Å². The minimum atomic E-state index is 0.0956. The Morgan fingerprint density at radius 3 is 2.83 bits per heavy atom. The van der Waals surface area contributed by atoms with E-state index in [0.29, 0.717) is 11.4 Å². The van der Waals surface area contributed by atoms with Crippen LogP contribution in [0, 0.1) is 25.2 Å². The highest BCUT2D eigenvalue weighted by molar-refractivity contribution is 7.11. The number of aromatic nitrogens is 2. The van der Waals surface area contributed by atoms with Crippen molar-refractivity contribution in [3.05, 3.63) is 39.5 Å². The average Bonchev–Trinajstić information content (AvgIpc) is 2.69. The molecule has 2 aromatic rings. The Kier molecular flexibility index (Phi) is 3.58. The second-order valence-corrected chi connectivity index (χ2v) is 5.29. The Balaban J connectivity index is 2.24. The van der Waals surface area contributed by atoms with Gasteiger partial charge in [0.2, 0.25) is 0 Å². The van der Waals surface area contributed by atoms with Gasteiger partial charge in [0.1, 0.15) is 11.9 Å². The fourth-order valence-corrected chi connectivity index (χ4v) is 2.76. The van der Waals surface area contributed by atoms with E-state index >= 15 is 0 Å². The summed E-state index contributed by atoms with van der Waals surface area (Å²) >= 11 is 1.67. The van der Waals surface area contributed by atoms with Gasteiger partial charge >= 0.3 is 0 Å². The molecule has 2 heterocycles. The van der Waals surface area contributed by atoms with Crippen LogP contribution < -0.4 is 5.32 Å². The summed E-state index contributed by atoms with van der Waals surface area (Å²) in [6.45, 7) is 6.05. The molecular weight excluding hydrogens is 244 g/mol. The van der Waals surface area contributed by atoms with Gasteiger partial charge in [0.25, 0.3) is 0 Å². The first kappa shape index (κ1) is 12.5. The van der Waals surface area contributed by atoms with Crippen LogP contribution in [0.25, 0.3) is 0 Å². The molecule has 0 radical (unpaired) electrons. The Hall–Kier alpha value is -1.93. The van der Waals surface area contributed by atoms with Gasteiger partial charge in [-0.15, -0.1) is 11.3 Å². The standard InChI is InChI=1S/C13H14N4S/c1-8-12(18-10(3)16-8)9(2)17-13-11(7-14)5-4-6-15-13/h4-6,9H,1-3H3,(H,15,17). The molecule has 1 atom stereocenters. The predicted octanol–water partition coefficient (Wildman–Crippen LogP) is 3.20. The molecule has 0 aromatic carbocycles. The van der Waals surface area contributed by atoms with E-state index in [9.17, 15) is 0 Å². The van der Waals surface area contributed by atoms with Crippen LogP contribution in [0.1, 0.15) is 34.1 Å². The number of hydrogen-bond donors (Lipinski definition) is 1. The zero-order chi connectivity index (χ0) is 13.1. The summed E-state index contributed by atoms with van der Waals surface area (Å²) in [4.78, 5) is 9.79. The number of hydrogen-bond acceptors (Lipinski definition) is 5. The topological polar surface area (TPSA) is 61.6 Å². The molecule has 92 valence electrons. The number of nitrogens with zero attached hydrogens (tertiary/aromatic N) is 3. The van der Waals surface area contributed by atoms with Crippen molar-refractivity contribution in [2.24, 2.45) is 0 Å². The molecular formula is C13H14N4S. The Bertz CT molecular complexity index is 597. The molecule has 0 aliphatic heterocycles. The number of nitrogens with one attached hydrogen (secondary N) is 1. The van der Waals surface area contributed by atoms with E-state index in [1.807, 2.05) is 13.8 Å². The van der Waals surface area contributed by atoms with Crippen LogP contribution in [0.2, 0.25) is 0 Å². The maximum atomic E-state index is 9.02. The first-order valence-corrected chi connectivity index (χ1v) is 6.49. The normalized spacial score (nSPS) is 11.9. The first-order valence-electron chi connectivity index (χ1n) is 5.67. The number of nitriles is 1. The monoisotopic (exact) mass is 258 g/mol. The van der Waals surface area contributed by atoms with Crippen LogP contribution in [0.5, 0.6) is 0 Å². The van der Waals surface area contributed by atoms with Gasteiger partial charge in [-0.1, -0.05) is 0 Å². The van der Waals surface area contributed by atoms with Gasteiger partial charge in [-0.2, -0.15) is 5.26 Å². The molecule has 2 aromatic heterocycles. The summed E-state index contributed by atoms with van der Waals surface area (Å²) in [7, 11) is 0. The lowest BCUT2D eigenvalue weighted by atomic mass is 10.2.